The maximum atomic E-state index is 13.7. The molecule has 1 atom stereocenters. The average molecular weight is 631 g/mol. The fraction of sp³-hybridized carbons (Fsp3) is 0.333. The van der Waals surface area contributed by atoms with Crippen LogP contribution in [-0.4, -0.2) is 67.9 Å². The monoisotopic (exact) mass is 629 g/mol. The van der Waals surface area contributed by atoms with Crippen LogP contribution in [0, 0.1) is 0 Å². The van der Waals surface area contributed by atoms with Crippen molar-refractivity contribution in [3.8, 4) is 5.75 Å². The van der Waals surface area contributed by atoms with Crippen LogP contribution in [0.5, 0.6) is 5.75 Å². The van der Waals surface area contributed by atoms with Crippen LogP contribution in [-0.2, 0) is 14.3 Å². The lowest BCUT2D eigenvalue weighted by Crippen LogP contribution is -2.41. The molecule has 13 heteroatoms. The van der Waals surface area contributed by atoms with Gasteiger partial charge in [0.2, 0.25) is 6.41 Å². The van der Waals surface area contributed by atoms with Crippen molar-refractivity contribution < 1.29 is 28.6 Å². The molecule has 2 aromatic carbocycles. The summed E-state index contributed by atoms with van der Waals surface area (Å²) in [4.78, 5) is 44.2. The van der Waals surface area contributed by atoms with Crippen molar-refractivity contribution in [1.82, 2.24) is 10.3 Å². The van der Waals surface area contributed by atoms with Gasteiger partial charge in [-0.15, -0.1) is 0 Å². The number of anilines is 3. The minimum Gasteiger partial charge on any atom is -0.488 e. The van der Waals surface area contributed by atoms with Crippen LogP contribution in [0.3, 0.4) is 0 Å². The molecule has 0 saturated carbocycles. The summed E-state index contributed by atoms with van der Waals surface area (Å²) >= 11 is 12.1. The number of nitrogens with zero attached hydrogens (tertiary/aromatic N) is 2. The van der Waals surface area contributed by atoms with E-state index in [9.17, 15) is 14.4 Å². The second kappa shape index (κ2) is 14.5. The van der Waals surface area contributed by atoms with E-state index in [2.05, 4.69) is 25.8 Å². The molecule has 0 aliphatic carbocycles. The Kier molecular flexibility index (Phi) is 10.8. The molecular weight excluding hydrogens is 597 g/mol. The molecule has 0 radical (unpaired) electrons. The van der Waals surface area contributed by atoms with Gasteiger partial charge in [0.25, 0.3) is 11.8 Å². The van der Waals surface area contributed by atoms with Gasteiger partial charge in [-0.3, -0.25) is 14.4 Å². The zero-order valence-corrected chi connectivity index (χ0v) is 25.5. The van der Waals surface area contributed by atoms with Gasteiger partial charge in [-0.1, -0.05) is 23.2 Å². The highest BCUT2D eigenvalue weighted by Gasteiger charge is 2.23. The largest absolute Gasteiger partial charge is 0.488 e. The van der Waals surface area contributed by atoms with E-state index in [4.69, 9.17) is 37.4 Å². The predicted octanol–water partition coefficient (Wildman–Crippen LogP) is 5.00. The molecule has 1 aromatic heterocycles. The second-order valence-electron chi connectivity index (χ2n) is 10.6. The summed E-state index contributed by atoms with van der Waals surface area (Å²) in [5.41, 5.74) is 0.832. The van der Waals surface area contributed by atoms with E-state index in [1.165, 1.54) is 18.3 Å². The second-order valence-corrected chi connectivity index (χ2v) is 11.4. The van der Waals surface area contributed by atoms with Crippen molar-refractivity contribution in [2.75, 3.05) is 48.4 Å². The summed E-state index contributed by atoms with van der Waals surface area (Å²) in [6, 6.07) is 12.9. The Morgan fingerprint density at radius 2 is 1.72 bits per heavy atom. The minimum absolute atomic E-state index is 0.0639. The average Bonchev–Trinajstić information content (AvgIpc) is 2.97. The number of hydrogen-bond acceptors (Lipinski definition) is 8. The maximum absolute atomic E-state index is 13.7. The quantitative estimate of drug-likeness (QED) is 0.200. The number of aromatic nitrogens is 1. The third-order valence-electron chi connectivity index (χ3n) is 6.17. The van der Waals surface area contributed by atoms with Crippen LogP contribution in [0.25, 0.3) is 0 Å². The van der Waals surface area contributed by atoms with E-state index in [-0.39, 0.29) is 35.0 Å². The molecule has 1 aliphatic rings. The summed E-state index contributed by atoms with van der Waals surface area (Å²) in [5, 5.41) is 8.80. The molecule has 1 saturated heterocycles. The summed E-state index contributed by atoms with van der Waals surface area (Å²) in [5.74, 6) is -0.519. The Morgan fingerprint density at radius 3 is 2.40 bits per heavy atom. The lowest BCUT2D eigenvalue weighted by molar-refractivity contribution is -0.123. The predicted molar refractivity (Wildman–Crippen MR) is 165 cm³/mol. The fourth-order valence-corrected chi connectivity index (χ4v) is 4.54. The van der Waals surface area contributed by atoms with Gasteiger partial charge in [0.15, 0.2) is 6.23 Å². The topological polar surface area (TPSA) is 131 Å². The number of amides is 3. The third-order valence-corrected chi connectivity index (χ3v) is 6.63. The number of rotatable bonds is 11. The SMILES string of the molecule is CC(C)(C)OC(COc1cc(N2CCOCC2)ccc1C(=O)Nc1ccc(Cl)cc1C(=O)Nc1ccc(Cl)cn1)NC=O. The number of carbonyl (C=O) groups excluding carboxylic acids is 3. The van der Waals surface area contributed by atoms with E-state index in [0.717, 1.165) is 5.69 Å². The highest BCUT2D eigenvalue weighted by atomic mass is 35.5. The molecule has 3 amide bonds. The summed E-state index contributed by atoms with van der Waals surface area (Å²) < 4.78 is 17.4. The molecule has 11 nitrogen and oxygen atoms in total. The normalized spacial score (nSPS) is 14.0. The van der Waals surface area contributed by atoms with Crippen LogP contribution in [0.2, 0.25) is 10.0 Å². The first kappa shape index (κ1) is 32.0. The van der Waals surface area contributed by atoms with Crippen LogP contribution in [0.4, 0.5) is 17.2 Å². The fourth-order valence-electron chi connectivity index (χ4n) is 4.26. The molecule has 228 valence electrons. The molecule has 1 aliphatic heterocycles. The lowest BCUT2D eigenvalue weighted by Gasteiger charge is -2.30. The summed E-state index contributed by atoms with van der Waals surface area (Å²) in [6.07, 6.45) is 1.17. The third kappa shape index (κ3) is 9.29. The number of morpholine rings is 1. The minimum atomic E-state index is -0.770. The molecule has 0 bridgehead atoms. The van der Waals surface area contributed by atoms with Crippen LogP contribution >= 0.6 is 23.2 Å². The summed E-state index contributed by atoms with van der Waals surface area (Å²) in [6.45, 7) is 8.02. The van der Waals surface area contributed by atoms with Crippen molar-refractivity contribution >= 4 is 58.6 Å². The zero-order valence-electron chi connectivity index (χ0n) is 24.0. The number of benzene rings is 2. The van der Waals surface area contributed by atoms with Gasteiger partial charge >= 0.3 is 0 Å². The van der Waals surface area contributed by atoms with Crippen molar-refractivity contribution in [1.29, 1.82) is 0 Å². The van der Waals surface area contributed by atoms with Crippen LogP contribution in [0.1, 0.15) is 41.5 Å². The number of ether oxygens (including phenoxy) is 3. The molecule has 3 aromatic rings. The van der Waals surface area contributed by atoms with Crippen LogP contribution in [0.15, 0.2) is 54.7 Å². The van der Waals surface area contributed by atoms with Crippen molar-refractivity contribution in [3.63, 3.8) is 0 Å². The van der Waals surface area contributed by atoms with Gasteiger partial charge in [-0.05, 0) is 63.2 Å². The van der Waals surface area contributed by atoms with Crippen molar-refractivity contribution in [2.24, 2.45) is 0 Å². The van der Waals surface area contributed by atoms with Gasteiger partial charge < -0.3 is 35.1 Å². The number of carbonyl (C=O) groups is 3. The zero-order chi connectivity index (χ0) is 31.0. The summed E-state index contributed by atoms with van der Waals surface area (Å²) in [7, 11) is 0. The Morgan fingerprint density at radius 1 is 1.00 bits per heavy atom. The molecule has 1 unspecified atom stereocenters. The lowest BCUT2D eigenvalue weighted by atomic mass is 10.1. The van der Waals surface area contributed by atoms with E-state index in [0.29, 0.717) is 42.8 Å². The molecule has 1 fully saturated rings. The first-order valence-electron chi connectivity index (χ1n) is 13.5. The first-order valence-corrected chi connectivity index (χ1v) is 14.3. The number of pyridine rings is 1. The Hall–Kier alpha value is -3.90. The molecule has 4 rings (SSSR count). The Labute approximate surface area is 259 Å². The van der Waals surface area contributed by atoms with Gasteiger partial charge in [-0.2, -0.15) is 0 Å². The van der Waals surface area contributed by atoms with E-state index < -0.39 is 23.6 Å². The van der Waals surface area contributed by atoms with Gasteiger partial charge in [-0.25, -0.2) is 4.98 Å². The molecule has 2 heterocycles. The van der Waals surface area contributed by atoms with Crippen LogP contribution < -0.4 is 25.6 Å². The van der Waals surface area contributed by atoms with Gasteiger partial charge in [0.1, 0.15) is 18.2 Å². The Bertz CT molecular complexity index is 1440. The van der Waals surface area contributed by atoms with E-state index >= 15 is 0 Å². The molecule has 43 heavy (non-hydrogen) atoms. The van der Waals surface area contributed by atoms with Crippen molar-refractivity contribution in [2.45, 2.75) is 32.6 Å². The van der Waals surface area contributed by atoms with E-state index in [1.807, 2.05) is 26.8 Å². The first-order chi connectivity index (χ1) is 20.5. The van der Waals surface area contributed by atoms with Crippen molar-refractivity contribution in [3.05, 3.63) is 75.9 Å². The molecular formula is C30H33Cl2N5O6. The van der Waals surface area contributed by atoms with Gasteiger partial charge in [0, 0.05) is 36.1 Å². The number of hydrogen-bond donors (Lipinski definition) is 3. The smallest absolute Gasteiger partial charge is 0.259 e. The van der Waals surface area contributed by atoms with Gasteiger partial charge in [0.05, 0.1) is 40.7 Å². The molecule has 3 N–H and O–H groups in total. The highest BCUT2D eigenvalue weighted by molar-refractivity contribution is 6.31. The number of nitrogens with one attached hydrogen (secondary N) is 3. The number of halogens is 2. The maximum Gasteiger partial charge on any atom is 0.259 e. The Balaban J connectivity index is 1.60. The highest BCUT2D eigenvalue weighted by Crippen LogP contribution is 2.29. The van der Waals surface area contributed by atoms with E-state index in [1.54, 1.807) is 30.3 Å². The molecule has 0 spiro atoms. The standard InChI is InChI=1S/C30H33Cl2N5O6/c1-30(2,3)43-27(34-18-38)17-42-25-15-21(37-10-12-41-13-11-37)6-7-22(25)28(39)35-24-8-4-19(31)14-23(24)29(40)36-26-9-5-20(32)16-33-26/h4-9,14-16,18,27H,10-13,17H2,1-3H3,(H,34,38)(H,35,39)(H,33,36,40).